The van der Waals surface area contributed by atoms with Crippen LogP contribution in [0.1, 0.15) is 28.3 Å². The minimum atomic E-state index is 0.365. The van der Waals surface area contributed by atoms with Crippen molar-refractivity contribution < 1.29 is 0 Å². The number of likely N-dealkylation sites (N-methyl/N-ethyl adjacent to an activating group) is 1. The topological polar surface area (TPSA) is 18.5 Å². The molecule has 134 valence electrons. The molecule has 2 aromatic rings. The maximum atomic E-state index is 3.82. The van der Waals surface area contributed by atoms with Gasteiger partial charge in [-0.25, -0.2) is 0 Å². The molecule has 0 unspecified atom stereocenters. The Bertz CT molecular complexity index is 660. The number of benzene rings is 2. The molecule has 1 heterocycles. The zero-order valence-corrected chi connectivity index (χ0v) is 15.8. The number of hydrogen-bond donors (Lipinski definition) is 1. The number of rotatable bonds is 6. The zero-order chi connectivity index (χ0) is 17.6. The van der Waals surface area contributed by atoms with Crippen molar-refractivity contribution in [2.45, 2.75) is 26.4 Å². The molecule has 0 radical (unpaired) electrons. The lowest BCUT2D eigenvalue weighted by atomic mass is 10.0. The lowest BCUT2D eigenvalue weighted by Crippen LogP contribution is -2.47. The summed E-state index contributed by atoms with van der Waals surface area (Å²) in [5, 5.41) is 3.82. The number of aryl methyl sites for hydroxylation is 1. The van der Waals surface area contributed by atoms with E-state index in [2.05, 4.69) is 84.5 Å². The Balaban J connectivity index is 1.69. The second-order valence-electron chi connectivity index (χ2n) is 7.31. The lowest BCUT2D eigenvalue weighted by Gasteiger charge is -2.35. The summed E-state index contributed by atoms with van der Waals surface area (Å²) in [6.45, 7) is 11.1. The highest BCUT2D eigenvalue weighted by molar-refractivity contribution is 5.33. The van der Waals surface area contributed by atoms with Crippen molar-refractivity contribution in [3.63, 3.8) is 0 Å². The molecule has 1 aliphatic rings. The second-order valence-corrected chi connectivity index (χ2v) is 7.31. The first-order valence-electron chi connectivity index (χ1n) is 9.38. The Morgan fingerprint density at radius 3 is 2.36 bits per heavy atom. The Hall–Kier alpha value is -1.68. The normalized spacial score (nSPS) is 17.6. The molecule has 25 heavy (non-hydrogen) atoms. The quantitative estimate of drug-likeness (QED) is 0.872. The maximum Gasteiger partial charge on any atom is 0.0451 e. The fourth-order valence-corrected chi connectivity index (χ4v) is 3.50. The van der Waals surface area contributed by atoms with E-state index in [4.69, 9.17) is 0 Å². The van der Waals surface area contributed by atoms with Crippen LogP contribution in [0.5, 0.6) is 0 Å². The van der Waals surface area contributed by atoms with Gasteiger partial charge in [0.1, 0.15) is 0 Å². The van der Waals surface area contributed by atoms with E-state index in [0.717, 1.165) is 26.2 Å². The predicted octanol–water partition coefficient (Wildman–Crippen LogP) is 3.38. The Labute approximate surface area is 152 Å². The van der Waals surface area contributed by atoms with Crippen molar-refractivity contribution in [3.8, 4) is 0 Å². The predicted molar refractivity (Wildman–Crippen MR) is 106 cm³/mol. The smallest absolute Gasteiger partial charge is 0.0451 e. The third-order valence-electron chi connectivity index (χ3n) is 5.49. The number of hydrogen-bond acceptors (Lipinski definition) is 3. The van der Waals surface area contributed by atoms with E-state index in [1.165, 1.54) is 35.3 Å². The Morgan fingerprint density at radius 2 is 1.64 bits per heavy atom. The third kappa shape index (κ3) is 4.91. The van der Waals surface area contributed by atoms with Crippen LogP contribution >= 0.6 is 0 Å². The van der Waals surface area contributed by atoms with Gasteiger partial charge in [0.15, 0.2) is 0 Å². The molecule has 0 aliphatic carbocycles. The van der Waals surface area contributed by atoms with Crippen molar-refractivity contribution in [3.05, 3.63) is 70.8 Å². The van der Waals surface area contributed by atoms with E-state index < -0.39 is 0 Å². The molecule has 1 fully saturated rings. The van der Waals surface area contributed by atoms with Gasteiger partial charge in [0.05, 0.1) is 0 Å². The Kier molecular flexibility index (Phi) is 6.24. The summed E-state index contributed by atoms with van der Waals surface area (Å²) in [6.07, 6.45) is 0. The molecule has 3 rings (SSSR count). The number of piperazine rings is 1. The van der Waals surface area contributed by atoms with Crippen LogP contribution in [0.4, 0.5) is 0 Å². The maximum absolute atomic E-state index is 3.82. The summed E-state index contributed by atoms with van der Waals surface area (Å²) in [6, 6.07) is 17.8. The average Bonchev–Trinajstić information content (AvgIpc) is 2.64. The summed E-state index contributed by atoms with van der Waals surface area (Å²) in [5.41, 5.74) is 5.56. The number of nitrogens with one attached hydrogen (secondary N) is 1. The lowest BCUT2D eigenvalue weighted by molar-refractivity contribution is 0.142. The van der Waals surface area contributed by atoms with Gasteiger partial charge in [-0.3, -0.25) is 4.90 Å². The standard InChI is InChI=1S/C22H31N3/c1-18-8-7-11-21(19(18)2)16-23-22(20-9-5-4-6-10-20)17-25-14-12-24(3)13-15-25/h4-11,22-23H,12-17H2,1-3H3/t22-/m0/s1. The molecular formula is C22H31N3. The summed E-state index contributed by atoms with van der Waals surface area (Å²) < 4.78 is 0. The van der Waals surface area contributed by atoms with Gasteiger partial charge in [0.2, 0.25) is 0 Å². The van der Waals surface area contributed by atoms with Crippen molar-refractivity contribution in [2.24, 2.45) is 0 Å². The second kappa shape index (κ2) is 8.61. The van der Waals surface area contributed by atoms with Gasteiger partial charge in [0, 0.05) is 45.3 Å². The van der Waals surface area contributed by atoms with E-state index >= 15 is 0 Å². The fraction of sp³-hybridized carbons (Fsp3) is 0.455. The number of nitrogens with zero attached hydrogens (tertiary/aromatic N) is 2. The molecule has 3 nitrogen and oxygen atoms in total. The van der Waals surface area contributed by atoms with Crippen LogP contribution in [-0.2, 0) is 6.54 Å². The molecule has 3 heteroatoms. The molecule has 1 atom stereocenters. The van der Waals surface area contributed by atoms with E-state index in [1.54, 1.807) is 0 Å². The molecule has 1 aliphatic heterocycles. The van der Waals surface area contributed by atoms with E-state index in [0.29, 0.717) is 6.04 Å². The third-order valence-corrected chi connectivity index (χ3v) is 5.49. The molecule has 0 saturated carbocycles. The van der Waals surface area contributed by atoms with Crippen LogP contribution < -0.4 is 5.32 Å². The first-order valence-corrected chi connectivity index (χ1v) is 9.38. The summed E-state index contributed by atoms with van der Waals surface area (Å²) >= 11 is 0. The van der Waals surface area contributed by atoms with Crippen LogP contribution in [0.15, 0.2) is 48.5 Å². The van der Waals surface area contributed by atoms with Gasteiger partial charge >= 0.3 is 0 Å². The molecular weight excluding hydrogens is 306 g/mol. The molecule has 1 saturated heterocycles. The fourth-order valence-electron chi connectivity index (χ4n) is 3.50. The van der Waals surface area contributed by atoms with Crippen molar-refractivity contribution in [2.75, 3.05) is 39.8 Å². The minimum absolute atomic E-state index is 0.365. The molecule has 1 N–H and O–H groups in total. The highest BCUT2D eigenvalue weighted by Crippen LogP contribution is 2.18. The minimum Gasteiger partial charge on any atom is -0.305 e. The van der Waals surface area contributed by atoms with Gasteiger partial charge in [-0.1, -0.05) is 48.5 Å². The zero-order valence-electron chi connectivity index (χ0n) is 15.8. The molecule has 0 aromatic heterocycles. The van der Waals surface area contributed by atoms with Crippen LogP contribution in [0.3, 0.4) is 0 Å². The van der Waals surface area contributed by atoms with Crippen molar-refractivity contribution in [1.29, 1.82) is 0 Å². The molecule has 2 aromatic carbocycles. The van der Waals surface area contributed by atoms with E-state index in [-0.39, 0.29) is 0 Å². The van der Waals surface area contributed by atoms with Crippen LogP contribution in [0.2, 0.25) is 0 Å². The van der Waals surface area contributed by atoms with Crippen LogP contribution in [0.25, 0.3) is 0 Å². The van der Waals surface area contributed by atoms with Gasteiger partial charge in [0.25, 0.3) is 0 Å². The van der Waals surface area contributed by atoms with E-state index in [9.17, 15) is 0 Å². The van der Waals surface area contributed by atoms with Gasteiger partial charge in [-0.2, -0.15) is 0 Å². The van der Waals surface area contributed by atoms with Gasteiger partial charge in [-0.05, 0) is 43.1 Å². The monoisotopic (exact) mass is 337 g/mol. The van der Waals surface area contributed by atoms with Gasteiger partial charge < -0.3 is 10.2 Å². The molecule has 0 spiro atoms. The summed E-state index contributed by atoms with van der Waals surface area (Å²) in [5.74, 6) is 0. The van der Waals surface area contributed by atoms with Gasteiger partial charge in [-0.15, -0.1) is 0 Å². The largest absolute Gasteiger partial charge is 0.305 e. The summed E-state index contributed by atoms with van der Waals surface area (Å²) in [7, 11) is 2.21. The van der Waals surface area contributed by atoms with Crippen LogP contribution in [0, 0.1) is 13.8 Å². The Morgan fingerprint density at radius 1 is 0.920 bits per heavy atom. The molecule has 0 bridgehead atoms. The highest BCUT2D eigenvalue weighted by Gasteiger charge is 2.19. The van der Waals surface area contributed by atoms with E-state index in [1.807, 2.05) is 0 Å². The summed E-state index contributed by atoms with van der Waals surface area (Å²) in [4.78, 5) is 5.01. The molecule has 0 amide bonds. The SMILES string of the molecule is Cc1cccc(CN[C@@H](CN2CCN(C)CC2)c2ccccc2)c1C. The van der Waals surface area contributed by atoms with Crippen LogP contribution in [-0.4, -0.2) is 49.6 Å². The first kappa shape index (κ1) is 18.1. The van der Waals surface area contributed by atoms with Crippen molar-refractivity contribution >= 4 is 0 Å². The highest BCUT2D eigenvalue weighted by atomic mass is 15.3. The average molecular weight is 338 g/mol. The van der Waals surface area contributed by atoms with Crippen molar-refractivity contribution in [1.82, 2.24) is 15.1 Å². The first-order chi connectivity index (χ1) is 12.1.